The van der Waals surface area contributed by atoms with Crippen LogP contribution in [0.2, 0.25) is 5.15 Å². The summed E-state index contributed by atoms with van der Waals surface area (Å²) < 4.78 is 0. The monoisotopic (exact) mass is 305 g/mol. The van der Waals surface area contributed by atoms with Gasteiger partial charge < -0.3 is 4.90 Å². The van der Waals surface area contributed by atoms with Crippen LogP contribution in [-0.2, 0) is 0 Å². The second kappa shape index (κ2) is 6.03. The van der Waals surface area contributed by atoms with Crippen LogP contribution in [0.3, 0.4) is 0 Å². The van der Waals surface area contributed by atoms with Crippen molar-refractivity contribution in [3.05, 3.63) is 40.9 Å². The summed E-state index contributed by atoms with van der Waals surface area (Å²) in [6, 6.07) is 4.36. The number of rotatable bonds is 3. The molecule has 21 heavy (non-hydrogen) atoms. The Bertz CT molecular complexity index is 604. The van der Waals surface area contributed by atoms with Crippen LogP contribution >= 0.6 is 11.6 Å². The zero-order valence-electron chi connectivity index (χ0n) is 12.4. The smallest absolute Gasteiger partial charge is 0.152 e. The molecule has 3 rings (SSSR count). The van der Waals surface area contributed by atoms with E-state index in [1.165, 1.54) is 5.56 Å². The Hall–Kier alpha value is -1.59. The van der Waals surface area contributed by atoms with Crippen molar-refractivity contribution in [3.8, 4) is 0 Å². The third-order valence-electron chi connectivity index (χ3n) is 4.26. The first kappa shape index (κ1) is 14.4. The maximum Gasteiger partial charge on any atom is 0.152 e. The van der Waals surface area contributed by atoms with Crippen LogP contribution < -0.4 is 4.90 Å². The zero-order valence-corrected chi connectivity index (χ0v) is 13.1. The molecule has 0 spiro atoms. The Balaban J connectivity index is 1.66. The summed E-state index contributed by atoms with van der Waals surface area (Å²) in [6.45, 7) is 8.27. The number of nitrogens with zero attached hydrogens (tertiary/aromatic N) is 4. The van der Waals surface area contributed by atoms with Crippen molar-refractivity contribution < 1.29 is 0 Å². The van der Waals surface area contributed by atoms with Gasteiger partial charge in [-0.2, -0.15) is 5.10 Å². The molecule has 0 aliphatic carbocycles. The van der Waals surface area contributed by atoms with Crippen LogP contribution in [0.25, 0.3) is 0 Å². The highest BCUT2D eigenvalue weighted by Gasteiger charge is 2.24. The summed E-state index contributed by atoms with van der Waals surface area (Å²) in [5.41, 5.74) is 3.47. The summed E-state index contributed by atoms with van der Waals surface area (Å²) in [5.74, 6) is 0. The Kier molecular flexibility index (Phi) is 4.12. The van der Waals surface area contributed by atoms with Crippen molar-refractivity contribution in [2.75, 3.05) is 31.1 Å². The van der Waals surface area contributed by atoms with Crippen LogP contribution in [0, 0.1) is 6.92 Å². The van der Waals surface area contributed by atoms with Crippen molar-refractivity contribution in [2.45, 2.75) is 19.9 Å². The second-order valence-corrected chi connectivity index (χ2v) is 5.82. The third-order valence-corrected chi connectivity index (χ3v) is 4.55. The molecule has 1 fully saturated rings. The first-order valence-corrected chi connectivity index (χ1v) is 7.64. The van der Waals surface area contributed by atoms with Crippen LogP contribution in [0.1, 0.15) is 24.2 Å². The van der Waals surface area contributed by atoms with Gasteiger partial charge in [0.2, 0.25) is 0 Å². The number of aryl methyl sites for hydroxylation is 1. The molecule has 1 N–H and O–H groups in total. The molecular formula is C15H20ClN5. The highest BCUT2D eigenvalue weighted by Crippen LogP contribution is 2.27. The number of piperazine rings is 1. The van der Waals surface area contributed by atoms with E-state index in [0.717, 1.165) is 37.6 Å². The van der Waals surface area contributed by atoms with Crippen molar-refractivity contribution in [1.82, 2.24) is 20.1 Å². The molecule has 0 saturated carbocycles. The maximum absolute atomic E-state index is 6.18. The van der Waals surface area contributed by atoms with Crippen molar-refractivity contribution in [1.29, 1.82) is 0 Å². The second-order valence-electron chi connectivity index (χ2n) is 5.46. The Morgan fingerprint density at radius 3 is 2.67 bits per heavy atom. The summed E-state index contributed by atoms with van der Waals surface area (Å²) in [7, 11) is 0. The maximum atomic E-state index is 6.18. The first-order chi connectivity index (χ1) is 10.2. The fraction of sp³-hybridized carbons (Fsp3) is 0.467. The van der Waals surface area contributed by atoms with E-state index in [1.54, 1.807) is 6.20 Å². The van der Waals surface area contributed by atoms with E-state index < -0.39 is 0 Å². The molecule has 0 amide bonds. The minimum absolute atomic E-state index is 0.385. The number of aromatic nitrogens is 3. The van der Waals surface area contributed by atoms with Gasteiger partial charge in [-0.25, -0.2) is 4.98 Å². The number of hydrogen-bond donors (Lipinski definition) is 1. The largest absolute Gasteiger partial charge is 0.366 e. The van der Waals surface area contributed by atoms with E-state index in [0.29, 0.717) is 11.2 Å². The van der Waals surface area contributed by atoms with Crippen molar-refractivity contribution in [2.24, 2.45) is 0 Å². The molecule has 2 aromatic rings. The van der Waals surface area contributed by atoms with E-state index in [1.807, 2.05) is 18.3 Å². The molecule has 2 aromatic heterocycles. The molecule has 1 saturated heterocycles. The number of H-pyrrole nitrogens is 1. The number of pyridine rings is 1. The summed E-state index contributed by atoms with van der Waals surface area (Å²) in [5, 5.41) is 7.73. The zero-order chi connectivity index (χ0) is 14.8. The highest BCUT2D eigenvalue weighted by molar-refractivity contribution is 6.32. The van der Waals surface area contributed by atoms with Gasteiger partial charge in [0.15, 0.2) is 5.15 Å². The molecule has 1 unspecified atom stereocenters. The highest BCUT2D eigenvalue weighted by atomic mass is 35.5. The van der Waals surface area contributed by atoms with E-state index >= 15 is 0 Å². The van der Waals surface area contributed by atoms with Gasteiger partial charge in [-0.1, -0.05) is 11.6 Å². The molecule has 0 bridgehead atoms. The Morgan fingerprint density at radius 2 is 2.05 bits per heavy atom. The van der Waals surface area contributed by atoms with E-state index in [2.05, 4.69) is 38.8 Å². The van der Waals surface area contributed by atoms with Gasteiger partial charge in [0.05, 0.1) is 11.9 Å². The fourth-order valence-electron chi connectivity index (χ4n) is 2.94. The number of halogens is 1. The minimum atomic E-state index is 0.385. The molecule has 0 aromatic carbocycles. The molecular weight excluding hydrogens is 286 g/mol. The average Bonchev–Trinajstić information content (AvgIpc) is 2.93. The van der Waals surface area contributed by atoms with Gasteiger partial charge in [0.25, 0.3) is 0 Å². The lowest BCUT2D eigenvalue weighted by Gasteiger charge is -2.39. The number of aromatic amines is 1. The summed E-state index contributed by atoms with van der Waals surface area (Å²) in [4.78, 5) is 8.95. The molecule has 112 valence electrons. The van der Waals surface area contributed by atoms with Crippen LogP contribution in [0.15, 0.2) is 24.5 Å². The molecule has 1 aliphatic heterocycles. The summed E-state index contributed by atoms with van der Waals surface area (Å²) >= 11 is 6.18. The Morgan fingerprint density at radius 1 is 1.29 bits per heavy atom. The van der Waals surface area contributed by atoms with Gasteiger partial charge in [-0.15, -0.1) is 0 Å². The van der Waals surface area contributed by atoms with Crippen LogP contribution in [0.5, 0.6) is 0 Å². The van der Waals surface area contributed by atoms with Gasteiger partial charge in [-0.3, -0.25) is 10.00 Å². The quantitative estimate of drug-likeness (QED) is 0.886. The molecule has 1 atom stereocenters. The van der Waals surface area contributed by atoms with E-state index in [9.17, 15) is 0 Å². The lowest BCUT2D eigenvalue weighted by molar-refractivity contribution is 0.198. The molecule has 1 aliphatic rings. The van der Waals surface area contributed by atoms with Crippen LogP contribution in [0.4, 0.5) is 5.69 Å². The Labute approximate surface area is 129 Å². The molecule has 5 nitrogen and oxygen atoms in total. The number of hydrogen-bond acceptors (Lipinski definition) is 4. The van der Waals surface area contributed by atoms with E-state index in [4.69, 9.17) is 11.6 Å². The van der Waals surface area contributed by atoms with Crippen LogP contribution in [-0.4, -0.2) is 46.3 Å². The predicted molar refractivity (Wildman–Crippen MR) is 84.8 cm³/mol. The first-order valence-electron chi connectivity index (χ1n) is 7.26. The predicted octanol–water partition coefficient (Wildman–Crippen LogP) is 2.65. The van der Waals surface area contributed by atoms with E-state index in [-0.39, 0.29) is 0 Å². The average molecular weight is 306 g/mol. The lowest BCUT2D eigenvalue weighted by atomic mass is 10.1. The number of anilines is 1. The topological polar surface area (TPSA) is 48.1 Å². The normalized spacial score (nSPS) is 18.0. The van der Waals surface area contributed by atoms with Crippen molar-refractivity contribution in [3.63, 3.8) is 0 Å². The van der Waals surface area contributed by atoms with Gasteiger partial charge in [0, 0.05) is 49.7 Å². The van der Waals surface area contributed by atoms with Gasteiger partial charge >= 0.3 is 0 Å². The van der Waals surface area contributed by atoms with Gasteiger partial charge in [-0.05, 0) is 26.0 Å². The standard InChI is InChI=1S/C15H20ClN5/c1-11-13(10-18-19-11)12(2)20-6-8-21(9-7-20)14-4-3-5-17-15(14)16/h3-5,10,12H,6-9H2,1-2H3,(H,18,19). The number of nitrogens with one attached hydrogen (secondary N) is 1. The van der Waals surface area contributed by atoms with Crippen molar-refractivity contribution >= 4 is 17.3 Å². The fourth-order valence-corrected chi connectivity index (χ4v) is 3.18. The lowest BCUT2D eigenvalue weighted by Crippen LogP contribution is -2.47. The molecule has 0 radical (unpaired) electrons. The molecule has 6 heteroatoms. The molecule has 3 heterocycles. The minimum Gasteiger partial charge on any atom is -0.366 e. The van der Waals surface area contributed by atoms with Gasteiger partial charge in [0.1, 0.15) is 0 Å². The third kappa shape index (κ3) is 2.89. The SMILES string of the molecule is Cc1[nH]ncc1C(C)N1CCN(c2cccnc2Cl)CC1. The summed E-state index contributed by atoms with van der Waals surface area (Å²) in [6.07, 6.45) is 3.66.